The van der Waals surface area contributed by atoms with Crippen LogP contribution in [0.5, 0.6) is 0 Å². The highest BCUT2D eigenvalue weighted by Gasteiger charge is 2.34. The van der Waals surface area contributed by atoms with Gasteiger partial charge in [-0.05, 0) is 18.9 Å². The molecule has 0 unspecified atom stereocenters. The summed E-state index contributed by atoms with van der Waals surface area (Å²) in [6, 6.07) is 9.85. The first kappa shape index (κ1) is 10.9. The van der Waals surface area contributed by atoms with Crippen LogP contribution in [0.4, 0.5) is 0 Å². The van der Waals surface area contributed by atoms with Gasteiger partial charge in [0.05, 0.1) is 5.92 Å². The van der Waals surface area contributed by atoms with Gasteiger partial charge >= 0.3 is 0 Å². The molecule has 1 aliphatic heterocycles. The largest absolute Gasteiger partial charge is 0.338 e. The number of ketones is 1. The molecule has 0 saturated carbocycles. The van der Waals surface area contributed by atoms with Gasteiger partial charge in [-0.15, -0.1) is 0 Å². The van der Waals surface area contributed by atoms with Crippen molar-refractivity contribution in [2.45, 2.75) is 19.9 Å². The van der Waals surface area contributed by atoms with Gasteiger partial charge in [0, 0.05) is 13.1 Å². The van der Waals surface area contributed by atoms with Gasteiger partial charge in [-0.1, -0.05) is 30.3 Å². The zero-order valence-electron chi connectivity index (χ0n) is 9.35. The van der Waals surface area contributed by atoms with Crippen LogP contribution in [0.3, 0.4) is 0 Å². The molecule has 2 rings (SSSR count). The van der Waals surface area contributed by atoms with Gasteiger partial charge in [0.15, 0.2) is 0 Å². The molecule has 0 aliphatic carbocycles. The van der Waals surface area contributed by atoms with Crippen molar-refractivity contribution in [1.82, 2.24) is 4.90 Å². The fourth-order valence-electron chi connectivity index (χ4n) is 2.08. The number of carbonyl (C=O) groups is 2. The molecule has 1 saturated heterocycles. The van der Waals surface area contributed by atoms with E-state index in [4.69, 9.17) is 0 Å². The molecule has 0 N–H and O–H groups in total. The Morgan fingerprint density at radius 1 is 1.38 bits per heavy atom. The van der Waals surface area contributed by atoms with Crippen LogP contribution in [0, 0.1) is 5.92 Å². The maximum absolute atomic E-state index is 11.9. The van der Waals surface area contributed by atoms with Gasteiger partial charge < -0.3 is 4.90 Å². The average molecular weight is 217 g/mol. The Kier molecular flexibility index (Phi) is 3.04. The lowest BCUT2D eigenvalue weighted by Gasteiger charge is -2.16. The number of hydrogen-bond acceptors (Lipinski definition) is 2. The van der Waals surface area contributed by atoms with Crippen LogP contribution in [0.25, 0.3) is 0 Å². The fraction of sp³-hybridized carbons (Fsp3) is 0.385. The van der Waals surface area contributed by atoms with E-state index in [1.165, 1.54) is 6.92 Å². The van der Waals surface area contributed by atoms with Crippen molar-refractivity contribution in [2.24, 2.45) is 5.92 Å². The molecular formula is C13H15NO2. The van der Waals surface area contributed by atoms with Crippen molar-refractivity contribution in [2.75, 3.05) is 6.54 Å². The molecule has 1 aromatic rings. The number of likely N-dealkylation sites (tertiary alicyclic amines) is 1. The normalized spacial score (nSPS) is 20.2. The zero-order valence-corrected chi connectivity index (χ0v) is 9.35. The molecule has 1 fully saturated rings. The topological polar surface area (TPSA) is 37.4 Å². The van der Waals surface area contributed by atoms with E-state index in [9.17, 15) is 9.59 Å². The average Bonchev–Trinajstić information content (AvgIpc) is 2.62. The third-order valence-electron chi connectivity index (χ3n) is 3.00. The minimum Gasteiger partial charge on any atom is -0.338 e. The molecule has 1 aromatic carbocycles. The van der Waals surface area contributed by atoms with Crippen LogP contribution >= 0.6 is 0 Å². The molecular weight excluding hydrogens is 202 g/mol. The quantitative estimate of drug-likeness (QED) is 0.721. The van der Waals surface area contributed by atoms with Crippen LogP contribution in [0.2, 0.25) is 0 Å². The van der Waals surface area contributed by atoms with Crippen molar-refractivity contribution in [3.8, 4) is 0 Å². The monoisotopic (exact) mass is 217 g/mol. The summed E-state index contributed by atoms with van der Waals surface area (Å²) in [4.78, 5) is 24.8. The Morgan fingerprint density at radius 3 is 2.62 bits per heavy atom. The summed E-state index contributed by atoms with van der Waals surface area (Å²) in [6.45, 7) is 2.80. The smallest absolute Gasteiger partial charge is 0.233 e. The maximum Gasteiger partial charge on any atom is 0.233 e. The second-order valence-corrected chi connectivity index (χ2v) is 4.20. The molecule has 16 heavy (non-hydrogen) atoms. The highest BCUT2D eigenvalue weighted by Crippen LogP contribution is 2.20. The van der Waals surface area contributed by atoms with E-state index in [0.29, 0.717) is 19.5 Å². The zero-order chi connectivity index (χ0) is 11.5. The lowest BCUT2D eigenvalue weighted by Crippen LogP contribution is -2.29. The predicted octanol–water partition coefficient (Wildman–Crippen LogP) is 1.62. The number of amides is 1. The van der Waals surface area contributed by atoms with Gasteiger partial charge in [0.2, 0.25) is 5.91 Å². The highest BCUT2D eigenvalue weighted by atomic mass is 16.2. The van der Waals surface area contributed by atoms with E-state index in [0.717, 1.165) is 5.56 Å². The number of benzene rings is 1. The van der Waals surface area contributed by atoms with E-state index < -0.39 is 5.92 Å². The molecule has 0 bridgehead atoms. The first-order chi connectivity index (χ1) is 7.68. The van der Waals surface area contributed by atoms with E-state index in [2.05, 4.69) is 0 Å². The van der Waals surface area contributed by atoms with Crippen LogP contribution in [0.1, 0.15) is 18.9 Å². The van der Waals surface area contributed by atoms with Gasteiger partial charge in [-0.25, -0.2) is 0 Å². The molecule has 0 aromatic heterocycles. The number of hydrogen-bond donors (Lipinski definition) is 0. The summed E-state index contributed by atoms with van der Waals surface area (Å²) < 4.78 is 0. The van der Waals surface area contributed by atoms with Gasteiger partial charge in [-0.3, -0.25) is 9.59 Å². The molecule has 0 radical (unpaired) electrons. The lowest BCUT2D eigenvalue weighted by atomic mass is 10.0. The maximum atomic E-state index is 11.9. The molecule has 1 atom stereocenters. The number of rotatable bonds is 3. The summed E-state index contributed by atoms with van der Waals surface area (Å²) in [7, 11) is 0. The molecule has 1 heterocycles. The first-order valence-electron chi connectivity index (χ1n) is 5.51. The van der Waals surface area contributed by atoms with Gasteiger partial charge in [0.1, 0.15) is 5.78 Å². The molecule has 1 aliphatic rings. The van der Waals surface area contributed by atoms with E-state index >= 15 is 0 Å². The molecule has 1 amide bonds. The summed E-state index contributed by atoms with van der Waals surface area (Å²) in [6.07, 6.45) is 0.668. The van der Waals surface area contributed by atoms with Crippen molar-refractivity contribution < 1.29 is 9.59 Å². The molecule has 84 valence electrons. The third kappa shape index (κ3) is 2.13. The Balaban J connectivity index is 2.03. The molecule has 3 heteroatoms. The Hall–Kier alpha value is -1.64. The SMILES string of the molecule is CC(=O)[C@@H]1CCN(Cc2ccccc2)C1=O. The summed E-state index contributed by atoms with van der Waals surface area (Å²) in [5, 5.41) is 0. The second-order valence-electron chi connectivity index (χ2n) is 4.20. The van der Waals surface area contributed by atoms with Crippen LogP contribution in [-0.4, -0.2) is 23.1 Å². The van der Waals surface area contributed by atoms with Gasteiger partial charge in [-0.2, -0.15) is 0 Å². The second kappa shape index (κ2) is 4.47. The minimum atomic E-state index is -0.399. The minimum absolute atomic E-state index is 0.0134. The van der Waals surface area contributed by atoms with Crippen molar-refractivity contribution in [3.05, 3.63) is 35.9 Å². The summed E-state index contributed by atoms with van der Waals surface area (Å²) in [5.74, 6) is -0.430. The first-order valence-corrected chi connectivity index (χ1v) is 5.51. The van der Waals surface area contributed by atoms with E-state index in [1.54, 1.807) is 4.90 Å². The predicted molar refractivity (Wildman–Crippen MR) is 60.6 cm³/mol. The summed E-state index contributed by atoms with van der Waals surface area (Å²) >= 11 is 0. The third-order valence-corrected chi connectivity index (χ3v) is 3.00. The Labute approximate surface area is 95.1 Å². The van der Waals surface area contributed by atoms with Crippen molar-refractivity contribution in [1.29, 1.82) is 0 Å². The van der Waals surface area contributed by atoms with Gasteiger partial charge in [0.25, 0.3) is 0 Å². The summed E-state index contributed by atoms with van der Waals surface area (Å²) in [5.41, 5.74) is 1.11. The standard InChI is InChI=1S/C13H15NO2/c1-10(15)12-7-8-14(13(12)16)9-11-5-3-2-4-6-11/h2-6,12H,7-9H2,1H3/t12-/m0/s1. The number of nitrogens with zero attached hydrogens (tertiary/aromatic N) is 1. The lowest BCUT2D eigenvalue weighted by molar-refractivity contribution is -0.136. The van der Waals surface area contributed by atoms with E-state index in [-0.39, 0.29) is 11.7 Å². The fourth-order valence-corrected chi connectivity index (χ4v) is 2.08. The highest BCUT2D eigenvalue weighted by molar-refractivity contribution is 6.01. The molecule has 0 spiro atoms. The van der Waals surface area contributed by atoms with Crippen molar-refractivity contribution >= 4 is 11.7 Å². The Bertz CT molecular complexity index is 400. The van der Waals surface area contributed by atoms with Crippen LogP contribution < -0.4 is 0 Å². The van der Waals surface area contributed by atoms with Crippen molar-refractivity contribution in [3.63, 3.8) is 0 Å². The molecule has 3 nitrogen and oxygen atoms in total. The van der Waals surface area contributed by atoms with Crippen LogP contribution in [0.15, 0.2) is 30.3 Å². The van der Waals surface area contributed by atoms with Crippen LogP contribution in [-0.2, 0) is 16.1 Å². The Morgan fingerprint density at radius 2 is 2.06 bits per heavy atom. The van der Waals surface area contributed by atoms with E-state index in [1.807, 2.05) is 30.3 Å². The number of carbonyl (C=O) groups excluding carboxylic acids is 2. The number of Topliss-reactive ketones (excluding diaryl/α,β-unsaturated/α-hetero) is 1.